The zero-order chi connectivity index (χ0) is 26.6. The van der Waals surface area contributed by atoms with Crippen LogP contribution in [0.15, 0.2) is 65.6 Å². The number of carbonyl (C=O) groups excluding carboxylic acids is 3. The fraction of sp³-hybridized carbons (Fsp3) is 0.148. The van der Waals surface area contributed by atoms with Crippen molar-refractivity contribution in [2.24, 2.45) is 0 Å². The molecule has 2 aliphatic rings. The van der Waals surface area contributed by atoms with Gasteiger partial charge in [0.05, 0.1) is 15.6 Å². The Morgan fingerprint density at radius 2 is 1.89 bits per heavy atom. The van der Waals surface area contributed by atoms with Crippen molar-refractivity contribution < 1.29 is 33.3 Å². The number of halogens is 1. The first-order valence-electron chi connectivity index (χ1n) is 11.4. The molecule has 0 saturated carbocycles. The summed E-state index contributed by atoms with van der Waals surface area (Å²) in [7, 11) is 1.54. The second-order valence-electron chi connectivity index (χ2n) is 8.19. The highest BCUT2D eigenvalue weighted by molar-refractivity contribution is 14.1. The Bertz CT molecular complexity index is 1440. The van der Waals surface area contributed by atoms with E-state index < -0.39 is 23.6 Å². The first-order valence-corrected chi connectivity index (χ1v) is 13.3. The Labute approximate surface area is 236 Å². The fourth-order valence-corrected chi connectivity index (χ4v) is 5.42. The number of ether oxygens (including phenoxy) is 4. The van der Waals surface area contributed by atoms with Gasteiger partial charge < -0.3 is 24.3 Å². The van der Waals surface area contributed by atoms with Crippen LogP contribution in [0.1, 0.15) is 11.1 Å². The van der Waals surface area contributed by atoms with E-state index in [2.05, 4.69) is 27.9 Å². The molecule has 0 atom stereocenters. The monoisotopic (exact) mass is 644 g/mol. The van der Waals surface area contributed by atoms with Crippen LogP contribution in [0.3, 0.4) is 0 Å². The molecule has 5 rings (SSSR count). The van der Waals surface area contributed by atoms with Crippen LogP contribution < -0.4 is 24.3 Å². The van der Waals surface area contributed by atoms with E-state index in [1.807, 2.05) is 36.4 Å². The van der Waals surface area contributed by atoms with E-state index >= 15 is 0 Å². The Morgan fingerprint density at radius 1 is 1.11 bits per heavy atom. The summed E-state index contributed by atoms with van der Waals surface area (Å²) in [6, 6.07) is 18.3. The third-order valence-electron chi connectivity index (χ3n) is 5.61. The molecule has 2 aliphatic heterocycles. The highest BCUT2D eigenvalue weighted by Gasteiger charge is 2.36. The lowest BCUT2D eigenvalue weighted by Gasteiger charge is -2.14. The lowest BCUT2D eigenvalue weighted by Crippen LogP contribution is -2.36. The number of anilines is 1. The average molecular weight is 644 g/mol. The maximum absolute atomic E-state index is 13.0. The zero-order valence-electron chi connectivity index (χ0n) is 20.1. The summed E-state index contributed by atoms with van der Waals surface area (Å²) in [6.07, 6.45) is 1.60. The number of nitrogens with one attached hydrogen (secondary N) is 1. The summed E-state index contributed by atoms with van der Waals surface area (Å²) in [6.45, 7) is 0.0769. The van der Waals surface area contributed by atoms with Crippen molar-refractivity contribution in [2.75, 3.05) is 25.8 Å². The number of amides is 3. The molecule has 0 unspecified atom stereocenters. The number of carbonyl (C=O) groups is 3. The van der Waals surface area contributed by atoms with E-state index in [9.17, 15) is 14.4 Å². The normalized spacial score (nSPS) is 15.2. The van der Waals surface area contributed by atoms with Gasteiger partial charge in [-0.1, -0.05) is 30.3 Å². The number of thioether (sulfide) groups is 1. The van der Waals surface area contributed by atoms with Gasteiger partial charge in [0.1, 0.15) is 13.2 Å². The van der Waals surface area contributed by atoms with Gasteiger partial charge in [-0.05, 0) is 75.8 Å². The van der Waals surface area contributed by atoms with Gasteiger partial charge in [0, 0.05) is 11.8 Å². The molecule has 0 bridgehead atoms. The van der Waals surface area contributed by atoms with Crippen LogP contribution in [-0.4, -0.2) is 42.4 Å². The quantitative estimate of drug-likeness (QED) is 0.261. The van der Waals surface area contributed by atoms with Crippen molar-refractivity contribution >= 4 is 63.2 Å². The molecule has 1 N–H and O–H groups in total. The Morgan fingerprint density at radius 3 is 2.68 bits per heavy atom. The summed E-state index contributed by atoms with van der Waals surface area (Å²) >= 11 is 2.92. The molecular weight excluding hydrogens is 623 g/mol. The number of methoxy groups -OCH3 is 1. The highest BCUT2D eigenvalue weighted by Crippen LogP contribution is 2.38. The summed E-state index contributed by atoms with van der Waals surface area (Å²) < 4.78 is 22.9. The van der Waals surface area contributed by atoms with E-state index in [0.29, 0.717) is 40.9 Å². The molecule has 0 radical (unpaired) electrons. The minimum atomic E-state index is -0.542. The van der Waals surface area contributed by atoms with Crippen LogP contribution in [0, 0.1) is 3.57 Å². The molecule has 3 aromatic rings. The number of fused-ring (bicyclic) bond motifs is 1. The molecule has 0 spiro atoms. The van der Waals surface area contributed by atoms with Crippen molar-refractivity contribution in [1.82, 2.24) is 4.90 Å². The Kier molecular flexibility index (Phi) is 7.74. The third-order valence-corrected chi connectivity index (χ3v) is 7.32. The number of hydrogen-bond acceptors (Lipinski definition) is 8. The number of imide groups is 1. The molecule has 2 heterocycles. The first-order chi connectivity index (χ1) is 18.4. The highest BCUT2D eigenvalue weighted by atomic mass is 127. The molecular formula is C27H21IN2O7S. The lowest BCUT2D eigenvalue weighted by atomic mass is 10.1. The van der Waals surface area contributed by atoms with Crippen LogP contribution in [0.25, 0.3) is 6.08 Å². The zero-order valence-corrected chi connectivity index (χ0v) is 23.0. The van der Waals surface area contributed by atoms with Crippen LogP contribution in [0.4, 0.5) is 10.5 Å². The second-order valence-corrected chi connectivity index (χ2v) is 10.3. The predicted molar refractivity (Wildman–Crippen MR) is 150 cm³/mol. The van der Waals surface area contributed by atoms with Gasteiger partial charge >= 0.3 is 0 Å². The SMILES string of the molecule is COc1cc(/C=C2/SC(=O)N(CC(=O)Nc3ccc4c(c3)OCO4)C2=O)cc(I)c1OCc1ccccc1. The topological polar surface area (TPSA) is 103 Å². The van der Waals surface area contributed by atoms with Crippen molar-refractivity contribution in [3.8, 4) is 23.0 Å². The largest absolute Gasteiger partial charge is 0.493 e. The average Bonchev–Trinajstić information content (AvgIpc) is 3.48. The van der Waals surface area contributed by atoms with E-state index in [-0.39, 0.29) is 11.7 Å². The fourth-order valence-electron chi connectivity index (χ4n) is 3.80. The summed E-state index contributed by atoms with van der Waals surface area (Å²) in [5.41, 5.74) is 2.15. The molecule has 11 heteroatoms. The van der Waals surface area contributed by atoms with E-state index in [1.165, 1.54) is 7.11 Å². The molecule has 9 nitrogen and oxygen atoms in total. The van der Waals surface area contributed by atoms with Crippen molar-refractivity contribution in [3.63, 3.8) is 0 Å². The standard InChI is InChI=1S/C27H21IN2O7S/c1-34-22-10-17(9-19(28)25(22)35-14-16-5-3-2-4-6-16)11-23-26(32)30(27(33)38-23)13-24(31)29-18-7-8-20-21(12-18)37-15-36-20/h2-12H,13-15H2,1H3,(H,29,31)/b23-11+. The molecule has 1 fully saturated rings. The summed E-state index contributed by atoms with van der Waals surface area (Å²) in [4.78, 5) is 39.2. The van der Waals surface area contributed by atoms with Crippen molar-refractivity contribution in [3.05, 3.63) is 80.3 Å². The summed E-state index contributed by atoms with van der Waals surface area (Å²) in [5, 5.41) is 2.15. The minimum absolute atomic E-state index is 0.115. The van der Waals surface area contributed by atoms with Gasteiger partial charge in [-0.25, -0.2) is 0 Å². The predicted octanol–water partition coefficient (Wildman–Crippen LogP) is 5.28. The molecule has 194 valence electrons. The van der Waals surface area contributed by atoms with E-state index in [4.69, 9.17) is 18.9 Å². The van der Waals surface area contributed by atoms with Gasteiger partial charge in [-0.15, -0.1) is 0 Å². The third kappa shape index (κ3) is 5.73. The molecule has 0 aromatic heterocycles. The second kappa shape index (κ2) is 11.4. The van der Waals surface area contributed by atoms with Crippen LogP contribution in [-0.2, 0) is 16.2 Å². The Balaban J connectivity index is 1.27. The minimum Gasteiger partial charge on any atom is -0.493 e. The number of nitrogens with zero attached hydrogens (tertiary/aromatic N) is 1. The molecule has 3 amide bonds. The smallest absolute Gasteiger partial charge is 0.294 e. The van der Waals surface area contributed by atoms with Gasteiger partial charge in [-0.2, -0.15) is 0 Å². The van der Waals surface area contributed by atoms with Gasteiger partial charge in [0.25, 0.3) is 11.1 Å². The number of rotatable bonds is 8. The van der Waals surface area contributed by atoms with Crippen LogP contribution in [0.2, 0.25) is 0 Å². The Hall–Kier alpha value is -3.71. The molecule has 0 aliphatic carbocycles. The van der Waals surface area contributed by atoms with Crippen molar-refractivity contribution in [2.45, 2.75) is 6.61 Å². The molecule has 38 heavy (non-hydrogen) atoms. The van der Waals surface area contributed by atoms with E-state index in [1.54, 1.807) is 30.3 Å². The lowest BCUT2D eigenvalue weighted by molar-refractivity contribution is -0.127. The van der Waals surface area contributed by atoms with E-state index in [0.717, 1.165) is 25.8 Å². The number of hydrogen-bond donors (Lipinski definition) is 1. The number of benzene rings is 3. The van der Waals surface area contributed by atoms with Gasteiger partial charge in [-0.3, -0.25) is 19.3 Å². The summed E-state index contributed by atoms with van der Waals surface area (Å²) in [5.74, 6) is 1.13. The van der Waals surface area contributed by atoms with Crippen LogP contribution >= 0.6 is 34.4 Å². The van der Waals surface area contributed by atoms with Crippen LogP contribution in [0.5, 0.6) is 23.0 Å². The maximum atomic E-state index is 13.0. The van der Waals surface area contributed by atoms with Gasteiger partial charge in [0.2, 0.25) is 12.7 Å². The molecule has 1 saturated heterocycles. The molecule has 3 aromatic carbocycles. The maximum Gasteiger partial charge on any atom is 0.294 e. The first kappa shape index (κ1) is 25.9. The van der Waals surface area contributed by atoms with Crippen molar-refractivity contribution in [1.29, 1.82) is 0 Å². The van der Waals surface area contributed by atoms with Gasteiger partial charge in [0.15, 0.2) is 23.0 Å².